The van der Waals surface area contributed by atoms with Gasteiger partial charge in [0.25, 0.3) is 0 Å². The van der Waals surface area contributed by atoms with Crippen LogP contribution >= 0.6 is 0 Å². The second-order valence-electron chi connectivity index (χ2n) is 7.12. The summed E-state index contributed by atoms with van der Waals surface area (Å²) in [6, 6.07) is 13.8. The van der Waals surface area contributed by atoms with Gasteiger partial charge < -0.3 is 18.8 Å². The molecule has 0 radical (unpaired) electrons. The molecule has 3 aromatic rings. The fourth-order valence-electron chi connectivity index (χ4n) is 3.52. The average Bonchev–Trinajstić information content (AvgIpc) is 3.48. The fourth-order valence-corrected chi connectivity index (χ4v) is 4.86. The van der Waals surface area contributed by atoms with Gasteiger partial charge in [0, 0.05) is 19.2 Å². The van der Waals surface area contributed by atoms with E-state index in [1.807, 2.05) is 17.0 Å². The predicted octanol–water partition coefficient (Wildman–Crippen LogP) is 4.30. The highest BCUT2D eigenvalue weighted by Crippen LogP contribution is 2.34. The molecule has 0 spiro atoms. The van der Waals surface area contributed by atoms with E-state index in [0.717, 1.165) is 31.5 Å². The molecule has 0 bridgehead atoms. The minimum absolute atomic E-state index is 0.0486. The Morgan fingerprint density at radius 3 is 2.35 bits per heavy atom. The van der Waals surface area contributed by atoms with E-state index in [1.165, 1.54) is 0 Å². The quantitative estimate of drug-likeness (QED) is 0.542. The number of oxazole rings is 1. The van der Waals surface area contributed by atoms with Crippen molar-refractivity contribution < 1.29 is 22.3 Å². The van der Waals surface area contributed by atoms with Gasteiger partial charge in [0.15, 0.2) is 11.5 Å². The third-order valence-corrected chi connectivity index (χ3v) is 6.79. The monoisotopic (exact) mass is 440 g/mol. The molecule has 31 heavy (non-hydrogen) atoms. The minimum atomic E-state index is -3.81. The highest BCUT2D eigenvalue weighted by Gasteiger charge is 2.31. The third-order valence-electron chi connectivity index (χ3n) is 5.12. The molecule has 0 aliphatic carbocycles. The van der Waals surface area contributed by atoms with Crippen LogP contribution in [-0.2, 0) is 9.84 Å². The van der Waals surface area contributed by atoms with Gasteiger partial charge in [-0.15, -0.1) is 0 Å². The lowest BCUT2D eigenvalue weighted by Crippen LogP contribution is -2.19. The van der Waals surface area contributed by atoms with E-state index in [4.69, 9.17) is 13.9 Å². The lowest BCUT2D eigenvalue weighted by Gasteiger charge is -2.14. The lowest BCUT2D eigenvalue weighted by molar-refractivity contribution is 0.355. The number of ether oxygens (including phenoxy) is 2. The van der Waals surface area contributed by atoms with Crippen LogP contribution in [0.4, 0.5) is 5.88 Å². The Kier molecular flexibility index (Phi) is 5.99. The average molecular weight is 441 g/mol. The summed E-state index contributed by atoms with van der Waals surface area (Å²) in [6.45, 7) is 1.48. The summed E-state index contributed by atoms with van der Waals surface area (Å²) >= 11 is 0. The van der Waals surface area contributed by atoms with Crippen molar-refractivity contribution in [3.8, 4) is 11.5 Å². The van der Waals surface area contributed by atoms with Crippen LogP contribution in [0.25, 0.3) is 12.2 Å². The predicted molar refractivity (Wildman–Crippen MR) is 118 cm³/mol. The molecule has 0 unspecified atom stereocenters. The van der Waals surface area contributed by atoms with Crippen molar-refractivity contribution in [2.75, 3.05) is 32.2 Å². The Hall–Kier alpha value is -3.26. The fraction of sp³-hybridized carbons (Fsp3) is 0.261. The first-order valence-electron chi connectivity index (χ1n) is 9.99. The molecular formula is C23H24N2O5S. The van der Waals surface area contributed by atoms with Gasteiger partial charge in [-0.05, 0) is 48.7 Å². The number of aromatic nitrogens is 1. The van der Waals surface area contributed by atoms with Gasteiger partial charge in [-0.25, -0.2) is 8.42 Å². The molecule has 0 atom stereocenters. The summed E-state index contributed by atoms with van der Waals surface area (Å²) in [5, 5.41) is -0.0486. The van der Waals surface area contributed by atoms with E-state index in [1.54, 1.807) is 62.8 Å². The molecule has 2 heterocycles. The number of benzene rings is 2. The third kappa shape index (κ3) is 4.29. The van der Waals surface area contributed by atoms with Crippen LogP contribution in [0.15, 0.2) is 62.9 Å². The van der Waals surface area contributed by atoms with Crippen molar-refractivity contribution in [3.05, 3.63) is 60.0 Å². The van der Waals surface area contributed by atoms with Crippen molar-refractivity contribution in [1.29, 1.82) is 0 Å². The summed E-state index contributed by atoms with van der Waals surface area (Å²) in [6.07, 6.45) is 5.43. The highest BCUT2D eigenvalue weighted by molar-refractivity contribution is 7.91. The molecule has 1 saturated heterocycles. The van der Waals surface area contributed by atoms with Crippen LogP contribution in [0.3, 0.4) is 0 Å². The number of rotatable bonds is 7. The molecular weight excluding hydrogens is 416 g/mol. The molecule has 4 rings (SSSR count). The zero-order valence-corrected chi connectivity index (χ0v) is 18.3. The van der Waals surface area contributed by atoms with Crippen LogP contribution in [0, 0.1) is 0 Å². The van der Waals surface area contributed by atoms with Crippen LogP contribution in [-0.4, -0.2) is 40.7 Å². The van der Waals surface area contributed by atoms with E-state index in [9.17, 15) is 8.42 Å². The molecule has 1 aromatic heterocycles. The zero-order valence-electron chi connectivity index (χ0n) is 17.4. The van der Waals surface area contributed by atoms with Crippen LogP contribution in [0.1, 0.15) is 24.3 Å². The van der Waals surface area contributed by atoms with Gasteiger partial charge in [-0.3, -0.25) is 0 Å². The highest BCUT2D eigenvalue weighted by atomic mass is 32.2. The maximum atomic E-state index is 13.2. The molecule has 0 N–H and O–H groups in total. The van der Waals surface area contributed by atoms with Crippen molar-refractivity contribution in [2.45, 2.75) is 22.8 Å². The summed E-state index contributed by atoms with van der Waals surface area (Å²) in [5.41, 5.74) is 0.839. The number of methoxy groups -OCH3 is 2. The van der Waals surface area contributed by atoms with E-state index in [-0.39, 0.29) is 15.8 Å². The minimum Gasteiger partial charge on any atom is -0.493 e. The summed E-state index contributed by atoms with van der Waals surface area (Å²) < 4.78 is 43.0. The van der Waals surface area contributed by atoms with Gasteiger partial charge in [0.2, 0.25) is 26.6 Å². The summed E-state index contributed by atoms with van der Waals surface area (Å²) in [7, 11) is -0.656. The first kappa shape index (κ1) is 21.0. The molecule has 162 valence electrons. The molecule has 0 saturated carbocycles. The van der Waals surface area contributed by atoms with E-state index >= 15 is 0 Å². The topological polar surface area (TPSA) is 81.9 Å². The summed E-state index contributed by atoms with van der Waals surface area (Å²) in [5.74, 6) is 1.75. The molecule has 2 aromatic carbocycles. The van der Waals surface area contributed by atoms with Gasteiger partial charge >= 0.3 is 0 Å². The van der Waals surface area contributed by atoms with Gasteiger partial charge in [-0.1, -0.05) is 24.3 Å². The van der Waals surface area contributed by atoms with Crippen LogP contribution in [0.5, 0.6) is 11.5 Å². The SMILES string of the molecule is COc1ccc(C=Cc2nc(S(=O)(=O)c3ccccc3)c(N3CCCC3)o2)cc1OC. The second-order valence-corrected chi connectivity index (χ2v) is 8.99. The zero-order chi connectivity index (χ0) is 21.8. The maximum absolute atomic E-state index is 13.2. The van der Waals surface area contributed by atoms with Crippen molar-refractivity contribution in [3.63, 3.8) is 0 Å². The lowest BCUT2D eigenvalue weighted by atomic mass is 10.2. The van der Waals surface area contributed by atoms with Gasteiger partial charge in [0.05, 0.1) is 19.1 Å². The molecule has 1 aliphatic heterocycles. The molecule has 0 amide bonds. The molecule has 7 nitrogen and oxygen atoms in total. The van der Waals surface area contributed by atoms with Crippen molar-refractivity contribution in [1.82, 2.24) is 4.98 Å². The Morgan fingerprint density at radius 1 is 0.968 bits per heavy atom. The van der Waals surface area contributed by atoms with E-state index in [0.29, 0.717) is 17.4 Å². The normalized spacial score (nSPS) is 14.3. The largest absolute Gasteiger partial charge is 0.493 e. The Morgan fingerprint density at radius 2 is 1.68 bits per heavy atom. The van der Waals surface area contributed by atoms with Crippen molar-refractivity contribution >= 4 is 27.9 Å². The first-order chi connectivity index (χ1) is 15.0. The van der Waals surface area contributed by atoms with Crippen LogP contribution < -0.4 is 14.4 Å². The molecule has 1 aliphatic rings. The number of nitrogens with zero attached hydrogens (tertiary/aromatic N) is 2. The van der Waals surface area contributed by atoms with E-state index < -0.39 is 9.84 Å². The maximum Gasteiger partial charge on any atom is 0.236 e. The van der Waals surface area contributed by atoms with Crippen molar-refractivity contribution in [2.24, 2.45) is 0 Å². The van der Waals surface area contributed by atoms with Gasteiger partial charge in [-0.2, -0.15) is 4.98 Å². The first-order valence-corrected chi connectivity index (χ1v) is 11.5. The van der Waals surface area contributed by atoms with Gasteiger partial charge in [0.1, 0.15) is 0 Å². The smallest absolute Gasteiger partial charge is 0.236 e. The Labute approximate surface area is 181 Å². The standard InChI is InChI=1S/C23H24N2O5S/c1-28-19-12-10-17(16-20(19)29-2)11-13-21-24-22(23(30-21)25-14-6-7-15-25)31(26,27)18-8-4-3-5-9-18/h3-5,8-13,16H,6-7,14-15H2,1-2H3. The Balaban J connectivity index is 1.71. The number of anilines is 1. The van der Waals surface area contributed by atoms with Crippen LogP contribution in [0.2, 0.25) is 0 Å². The number of sulfone groups is 1. The second kappa shape index (κ2) is 8.85. The summed E-state index contributed by atoms with van der Waals surface area (Å²) in [4.78, 5) is 6.49. The molecule has 8 heteroatoms. The number of hydrogen-bond acceptors (Lipinski definition) is 7. The number of hydrogen-bond donors (Lipinski definition) is 0. The Bertz CT molecular complexity index is 1180. The molecule has 1 fully saturated rings. The van der Waals surface area contributed by atoms with E-state index in [2.05, 4.69) is 4.98 Å².